The molecule has 0 unspecified atom stereocenters. The lowest BCUT2D eigenvalue weighted by atomic mass is 9.97. The van der Waals surface area contributed by atoms with Gasteiger partial charge >= 0.3 is 5.97 Å². The molecule has 0 fully saturated rings. The maximum Gasteiger partial charge on any atom is 0.329 e. The van der Waals surface area contributed by atoms with Crippen LogP contribution >= 0.6 is 0 Å². The molecule has 1 amide bonds. The van der Waals surface area contributed by atoms with Crippen molar-refractivity contribution >= 4 is 11.9 Å². The number of ether oxygens (including phenoxy) is 1. The summed E-state index contributed by atoms with van der Waals surface area (Å²) in [5, 5.41) is 0. The Morgan fingerprint density at radius 3 is 2.60 bits per heavy atom. The number of esters is 1. The molecule has 2 rings (SSSR count). The highest BCUT2D eigenvalue weighted by Crippen LogP contribution is 2.17. The number of rotatable bonds is 8. The van der Waals surface area contributed by atoms with Gasteiger partial charge in [0, 0.05) is 18.9 Å². The van der Waals surface area contributed by atoms with E-state index in [-0.39, 0.29) is 30.8 Å². The fraction of sp³-hybridized carbons (Fsp3) is 0.421. The van der Waals surface area contributed by atoms with Crippen molar-refractivity contribution in [1.82, 2.24) is 14.9 Å². The maximum atomic E-state index is 12.6. The first-order valence-corrected chi connectivity index (χ1v) is 8.46. The average Bonchev–Trinajstić information content (AvgIpc) is 3.13. The number of hydrogen-bond donors (Lipinski definition) is 1. The van der Waals surface area contributed by atoms with Crippen molar-refractivity contribution in [2.45, 2.75) is 39.3 Å². The Kier molecular flexibility index (Phi) is 6.74. The highest BCUT2D eigenvalue weighted by molar-refractivity contribution is 5.85. The van der Waals surface area contributed by atoms with Gasteiger partial charge in [-0.15, -0.1) is 0 Å². The van der Waals surface area contributed by atoms with Gasteiger partial charge in [-0.05, 0) is 11.5 Å². The highest BCUT2D eigenvalue weighted by Gasteiger charge is 2.32. The summed E-state index contributed by atoms with van der Waals surface area (Å²) in [5.41, 5.74) is 1.64. The van der Waals surface area contributed by atoms with E-state index >= 15 is 0 Å². The number of nitrogens with zero attached hydrogens (tertiary/aromatic N) is 2. The van der Waals surface area contributed by atoms with Crippen LogP contribution in [0.15, 0.2) is 42.9 Å². The summed E-state index contributed by atoms with van der Waals surface area (Å²) in [6.07, 6.45) is 4.09. The molecule has 1 aromatic carbocycles. The number of carbonyl (C=O) groups excluding carboxylic acids is 2. The SMILES string of the molecule is CC[C@H](C)[C@@H](C(=O)OCc1ccccc1)N(C)C(=O)Cc1cnc[nH]1. The third-order valence-electron chi connectivity index (χ3n) is 4.36. The van der Waals surface area contributed by atoms with E-state index in [0.717, 1.165) is 17.7 Å². The van der Waals surface area contributed by atoms with Crippen LogP contribution in [-0.4, -0.2) is 39.8 Å². The Morgan fingerprint density at radius 2 is 2.00 bits per heavy atom. The van der Waals surface area contributed by atoms with E-state index in [9.17, 15) is 9.59 Å². The van der Waals surface area contributed by atoms with Crippen molar-refractivity contribution in [2.75, 3.05) is 7.05 Å². The Hall–Kier alpha value is -2.63. The van der Waals surface area contributed by atoms with Gasteiger partial charge < -0.3 is 14.6 Å². The van der Waals surface area contributed by atoms with Gasteiger partial charge in [-0.3, -0.25) is 4.79 Å². The van der Waals surface area contributed by atoms with Gasteiger partial charge in [-0.25, -0.2) is 9.78 Å². The minimum Gasteiger partial charge on any atom is -0.459 e. The van der Waals surface area contributed by atoms with Crippen LogP contribution < -0.4 is 0 Å². The first-order valence-electron chi connectivity index (χ1n) is 8.46. The summed E-state index contributed by atoms with van der Waals surface area (Å²) in [4.78, 5) is 33.5. The largest absolute Gasteiger partial charge is 0.459 e. The summed E-state index contributed by atoms with van der Waals surface area (Å²) < 4.78 is 5.47. The molecule has 0 radical (unpaired) electrons. The summed E-state index contributed by atoms with van der Waals surface area (Å²) in [5.74, 6) is -0.524. The molecule has 0 bridgehead atoms. The minimum atomic E-state index is -0.607. The zero-order valence-electron chi connectivity index (χ0n) is 14.9. The molecule has 1 aromatic heterocycles. The van der Waals surface area contributed by atoms with Gasteiger partial charge in [-0.2, -0.15) is 0 Å². The Balaban J connectivity index is 2.03. The van der Waals surface area contributed by atoms with Gasteiger partial charge in [0.1, 0.15) is 12.6 Å². The minimum absolute atomic E-state index is 0.000935. The van der Waals surface area contributed by atoms with Gasteiger partial charge in [0.2, 0.25) is 5.91 Å². The lowest BCUT2D eigenvalue weighted by Crippen LogP contribution is -2.47. The molecule has 0 spiro atoms. The molecule has 0 aliphatic rings. The van der Waals surface area contributed by atoms with E-state index in [1.165, 1.54) is 11.2 Å². The quantitative estimate of drug-likeness (QED) is 0.748. The monoisotopic (exact) mass is 343 g/mol. The van der Waals surface area contributed by atoms with Crippen LogP contribution in [-0.2, 0) is 27.4 Å². The molecule has 1 N–H and O–H groups in total. The van der Waals surface area contributed by atoms with Crippen LogP contribution in [0.2, 0.25) is 0 Å². The predicted molar refractivity (Wildman–Crippen MR) is 94.5 cm³/mol. The first-order chi connectivity index (χ1) is 12.0. The van der Waals surface area contributed by atoms with Crippen LogP contribution in [0.3, 0.4) is 0 Å². The summed E-state index contributed by atoms with van der Waals surface area (Å²) in [6.45, 7) is 4.15. The third kappa shape index (κ3) is 5.17. The number of likely N-dealkylation sites (N-methyl/N-ethyl adjacent to an activating group) is 1. The van der Waals surface area contributed by atoms with Crippen LogP contribution in [0.25, 0.3) is 0 Å². The molecule has 134 valence electrons. The van der Waals surface area contributed by atoms with E-state index in [1.807, 2.05) is 44.2 Å². The second kappa shape index (κ2) is 9.01. The maximum absolute atomic E-state index is 12.6. The normalized spacial score (nSPS) is 13.1. The topological polar surface area (TPSA) is 75.3 Å². The number of nitrogens with one attached hydrogen (secondary N) is 1. The van der Waals surface area contributed by atoms with Crippen molar-refractivity contribution in [3.8, 4) is 0 Å². The summed E-state index contributed by atoms with van der Waals surface area (Å²) in [6, 6.07) is 8.90. The van der Waals surface area contributed by atoms with E-state index in [4.69, 9.17) is 4.74 Å². The number of hydrogen-bond acceptors (Lipinski definition) is 4. The fourth-order valence-electron chi connectivity index (χ4n) is 2.63. The van der Waals surface area contributed by atoms with E-state index < -0.39 is 6.04 Å². The number of amides is 1. The molecule has 1 heterocycles. The number of aromatic nitrogens is 2. The Morgan fingerprint density at radius 1 is 1.28 bits per heavy atom. The van der Waals surface area contributed by atoms with Crippen LogP contribution in [0.4, 0.5) is 0 Å². The number of H-pyrrole nitrogens is 1. The van der Waals surface area contributed by atoms with E-state index in [1.54, 1.807) is 13.2 Å². The molecule has 2 atom stereocenters. The predicted octanol–water partition coefficient (Wildman–Crippen LogP) is 2.57. The van der Waals surface area contributed by atoms with Gasteiger partial charge in [0.25, 0.3) is 0 Å². The molecular weight excluding hydrogens is 318 g/mol. The van der Waals surface area contributed by atoms with E-state index in [2.05, 4.69) is 9.97 Å². The number of aromatic amines is 1. The van der Waals surface area contributed by atoms with Crippen molar-refractivity contribution in [3.05, 3.63) is 54.1 Å². The third-order valence-corrected chi connectivity index (χ3v) is 4.36. The lowest BCUT2D eigenvalue weighted by Gasteiger charge is -2.30. The molecule has 0 saturated heterocycles. The molecule has 25 heavy (non-hydrogen) atoms. The van der Waals surface area contributed by atoms with Crippen LogP contribution in [0.5, 0.6) is 0 Å². The van der Waals surface area contributed by atoms with Gasteiger partial charge in [0.15, 0.2) is 0 Å². The number of carbonyl (C=O) groups is 2. The van der Waals surface area contributed by atoms with Crippen molar-refractivity contribution < 1.29 is 14.3 Å². The summed E-state index contributed by atoms with van der Waals surface area (Å²) >= 11 is 0. The van der Waals surface area contributed by atoms with Crippen LogP contribution in [0.1, 0.15) is 31.5 Å². The average molecular weight is 343 g/mol. The fourth-order valence-corrected chi connectivity index (χ4v) is 2.63. The van der Waals surface area contributed by atoms with Gasteiger partial charge in [0.05, 0.1) is 12.7 Å². The summed E-state index contributed by atoms with van der Waals surface area (Å²) in [7, 11) is 1.65. The molecule has 0 aliphatic heterocycles. The van der Waals surface area contributed by atoms with E-state index in [0.29, 0.717) is 0 Å². The zero-order valence-corrected chi connectivity index (χ0v) is 14.9. The molecular formula is C19H25N3O3. The first kappa shape index (κ1) is 18.7. The number of imidazole rings is 1. The van der Waals surface area contributed by atoms with Crippen molar-refractivity contribution in [2.24, 2.45) is 5.92 Å². The van der Waals surface area contributed by atoms with Gasteiger partial charge in [-0.1, -0.05) is 50.6 Å². The molecule has 0 aliphatic carbocycles. The standard InChI is InChI=1S/C19H25N3O3/c1-4-14(2)18(19(24)25-12-15-8-6-5-7-9-15)22(3)17(23)10-16-11-20-13-21-16/h5-9,11,13-14,18H,4,10,12H2,1-3H3,(H,20,21)/t14-,18-/m0/s1. The van der Waals surface area contributed by atoms with Crippen molar-refractivity contribution in [1.29, 1.82) is 0 Å². The Bertz CT molecular complexity index is 670. The molecule has 6 nitrogen and oxygen atoms in total. The lowest BCUT2D eigenvalue weighted by molar-refractivity contribution is -0.157. The molecule has 6 heteroatoms. The molecule has 2 aromatic rings. The second-order valence-corrected chi connectivity index (χ2v) is 6.18. The smallest absolute Gasteiger partial charge is 0.329 e. The second-order valence-electron chi connectivity index (χ2n) is 6.18. The van der Waals surface area contributed by atoms with Crippen molar-refractivity contribution in [3.63, 3.8) is 0 Å². The van der Waals surface area contributed by atoms with Crippen LogP contribution in [0, 0.1) is 5.92 Å². The molecule has 0 saturated carbocycles. The highest BCUT2D eigenvalue weighted by atomic mass is 16.5. The number of benzene rings is 1. The Labute approximate surface area is 148 Å². The zero-order chi connectivity index (χ0) is 18.2.